The van der Waals surface area contributed by atoms with Crippen LogP contribution in [0.15, 0.2) is 29.0 Å². The lowest BCUT2D eigenvalue weighted by molar-refractivity contribution is -0.120. The highest BCUT2D eigenvalue weighted by Gasteiger charge is 2.19. The summed E-state index contributed by atoms with van der Waals surface area (Å²) in [5.41, 5.74) is 0.889. The second-order valence-corrected chi connectivity index (χ2v) is 5.95. The molecule has 19 heavy (non-hydrogen) atoms. The van der Waals surface area contributed by atoms with Gasteiger partial charge in [0.25, 0.3) is 0 Å². The van der Waals surface area contributed by atoms with Gasteiger partial charge in [0.2, 0.25) is 5.91 Å². The average molecular weight is 339 g/mol. The van der Waals surface area contributed by atoms with Crippen LogP contribution < -0.4 is 10.2 Å². The number of pyridine rings is 1. The maximum absolute atomic E-state index is 11.4. The molecule has 0 aromatic carbocycles. The first-order valence-corrected chi connectivity index (χ1v) is 7.44. The molecule has 1 N–H and O–H groups in total. The zero-order valence-electron chi connectivity index (χ0n) is 9.97. The highest BCUT2D eigenvalue weighted by molar-refractivity contribution is 9.10. The molecule has 1 saturated heterocycles. The number of rotatable bonds is 2. The lowest BCUT2D eigenvalue weighted by Gasteiger charge is -2.25. The molecular formula is C12H11BrN4OS. The molecule has 1 aliphatic heterocycles. The van der Waals surface area contributed by atoms with E-state index in [9.17, 15) is 4.79 Å². The van der Waals surface area contributed by atoms with E-state index in [1.165, 1.54) is 0 Å². The van der Waals surface area contributed by atoms with Gasteiger partial charge in [0.05, 0.1) is 17.1 Å². The van der Waals surface area contributed by atoms with E-state index >= 15 is 0 Å². The lowest BCUT2D eigenvalue weighted by atomic mass is 10.3. The van der Waals surface area contributed by atoms with Crippen molar-refractivity contribution < 1.29 is 4.79 Å². The molecule has 98 valence electrons. The molecule has 0 spiro atoms. The Morgan fingerprint density at radius 3 is 3.11 bits per heavy atom. The number of carbonyl (C=O) groups is 1. The van der Waals surface area contributed by atoms with Crippen LogP contribution >= 0.6 is 27.3 Å². The second kappa shape index (κ2) is 5.26. The third kappa shape index (κ3) is 2.76. The quantitative estimate of drug-likeness (QED) is 0.849. The third-order valence-corrected chi connectivity index (χ3v) is 4.29. The summed E-state index contributed by atoms with van der Waals surface area (Å²) >= 11 is 4.92. The van der Waals surface area contributed by atoms with Crippen molar-refractivity contribution in [2.45, 2.75) is 0 Å². The Morgan fingerprint density at radius 1 is 1.42 bits per heavy atom. The molecule has 2 aromatic rings. The number of hydrogen-bond acceptors (Lipinski definition) is 5. The van der Waals surface area contributed by atoms with E-state index in [1.54, 1.807) is 17.5 Å². The molecule has 1 aliphatic rings. The van der Waals surface area contributed by atoms with Crippen LogP contribution in [0, 0.1) is 0 Å². The summed E-state index contributed by atoms with van der Waals surface area (Å²) in [4.78, 5) is 23.2. The van der Waals surface area contributed by atoms with Crippen molar-refractivity contribution in [2.75, 3.05) is 24.5 Å². The first-order valence-electron chi connectivity index (χ1n) is 5.83. The molecule has 0 radical (unpaired) electrons. The summed E-state index contributed by atoms with van der Waals surface area (Å²) in [5.74, 6) is 0.0450. The molecule has 1 fully saturated rings. The molecule has 0 unspecified atom stereocenters. The van der Waals surface area contributed by atoms with Crippen molar-refractivity contribution in [3.05, 3.63) is 29.0 Å². The van der Waals surface area contributed by atoms with Crippen molar-refractivity contribution in [3.63, 3.8) is 0 Å². The van der Waals surface area contributed by atoms with Crippen LogP contribution in [-0.4, -0.2) is 35.5 Å². The maximum Gasteiger partial charge on any atom is 0.239 e. The molecule has 3 heterocycles. The van der Waals surface area contributed by atoms with Crippen molar-refractivity contribution in [3.8, 4) is 10.6 Å². The topological polar surface area (TPSA) is 58.1 Å². The molecule has 0 bridgehead atoms. The second-order valence-electron chi connectivity index (χ2n) is 4.12. The molecule has 1 amide bonds. The van der Waals surface area contributed by atoms with Crippen molar-refractivity contribution in [2.24, 2.45) is 0 Å². The van der Waals surface area contributed by atoms with Gasteiger partial charge in [-0.1, -0.05) is 17.4 Å². The number of halogens is 1. The van der Waals surface area contributed by atoms with Gasteiger partial charge in [0.1, 0.15) is 4.60 Å². The third-order valence-electron chi connectivity index (χ3n) is 2.77. The minimum atomic E-state index is 0.0450. The van der Waals surface area contributed by atoms with Crippen molar-refractivity contribution in [1.82, 2.24) is 15.3 Å². The van der Waals surface area contributed by atoms with E-state index in [2.05, 4.69) is 31.2 Å². The minimum absolute atomic E-state index is 0.0450. The lowest BCUT2D eigenvalue weighted by Crippen LogP contribution is -2.47. The average Bonchev–Trinajstić information content (AvgIpc) is 2.88. The van der Waals surface area contributed by atoms with Gasteiger partial charge in [0, 0.05) is 19.3 Å². The largest absolute Gasteiger partial charge is 0.353 e. The summed E-state index contributed by atoms with van der Waals surface area (Å²) in [7, 11) is 0. The Bertz CT molecular complexity index is 615. The highest BCUT2D eigenvalue weighted by atomic mass is 79.9. The fraction of sp³-hybridized carbons (Fsp3) is 0.250. The highest BCUT2D eigenvalue weighted by Crippen LogP contribution is 2.30. The number of aromatic nitrogens is 2. The number of carbonyl (C=O) groups excluding carboxylic acids is 1. The summed E-state index contributed by atoms with van der Waals surface area (Å²) in [6, 6.07) is 5.78. The smallest absolute Gasteiger partial charge is 0.239 e. The van der Waals surface area contributed by atoms with Crippen LogP contribution in [0.25, 0.3) is 10.6 Å². The normalized spacial score (nSPS) is 15.4. The van der Waals surface area contributed by atoms with Gasteiger partial charge in [0.15, 0.2) is 5.13 Å². The zero-order chi connectivity index (χ0) is 13.2. The summed E-state index contributed by atoms with van der Waals surface area (Å²) in [6.07, 6.45) is 1.81. The number of amides is 1. The van der Waals surface area contributed by atoms with E-state index in [-0.39, 0.29) is 5.91 Å². The maximum atomic E-state index is 11.4. The molecule has 2 aromatic heterocycles. The molecule has 3 rings (SSSR count). The minimum Gasteiger partial charge on any atom is -0.353 e. The number of anilines is 1. The zero-order valence-corrected chi connectivity index (χ0v) is 12.4. The molecular weight excluding hydrogens is 328 g/mol. The van der Waals surface area contributed by atoms with Gasteiger partial charge >= 0.3 is 0 Å². The molecule has 0 saturated carbocycles. The number of nitrogens with zero attached hydrogens (tertiary/aromatic N) is 3. The number of hydrogen-bond donors (Lipinski definition) is 1. The number of nitrogens with one attached hydrogen (secondary N) is 1. The monoisotopic (exact) mass is 338 g/mol. The van der Waals surface area contributed by atoms with Gasteiger partial charge < -0.3 is 10.2 Å². The van der Waals surface area contributed by atoms with Crippen LogP contribution in [0.5, 0.6) is 0 Å². The Morgan fingerprint density at radius 2 is 2.32 bits per heavy atom. The number of piperazine rings is 1. The SMILES string of the molecule is O=C1CN(c2ncc(-c3cccc(Br)n3)s2)CCN1. The standard InChI is InChI=1S/C12H11BrN4OS/c13-10-3-1-2-8(16-10)9-6-15-12(19-9)17-5-4-14-11(18)7-17/h1-3,6H,4-5,7H2,(H,14,18). The number of thiazole rings is 1. The van der Waals surface area contributed by atoms with Gasteiger partial charge in [-0.3, -0.25) is 4.79 Å². The van der Waals surface area contributed by atoms with Gasteiger partial charge in [-0.05, 0) is 28.1 Å². The summed E-state index contributed by atoms with van der Waals surface area (Å²) < 4.78 is 0.803. The van der Waals surface area contributed by atoms with Gasteiger partial charge in [-0.2, -0.15) is 0 Å². The molecule has 0 atom stereocenters. The Balaban J connectivity index is 1.85. The van der Waals surface area contributed by atoms with Crippen molar-refractivity contribution >= 4 is 38.3 Å². The summed E-state index contributed by atoms with van der Waals surface area (Å²) in [6.45, 7) is 1.84. The van der Waals surface area contributed by atoms with Crippen LogP contribution in [0.3, 0.4) is 0 Å². The fourth-order valence-corrected chi connectivity index (χ4v) is 3.13. The Kier molecular flexibility index (Phi) is 3.48. The van der Waals surface area contributed by atoms with Crippen molar-refractivity contribution in [1.29, 1.82) is 0 Å². The van der Waals surface area contributed by atoms with Crippen LogP contribution in [0.1, 0.15) is 0 Å². The molecule has 7 heteroatoms. The molecule has 5 nitrogen and oxygen atoms in total. The van der Waals surface area contributed by atoms with E-state index in [0.717, 1.165) is 26.9 Å². The predicted octanol–water partition coefficient (Wildman–Crippen LogP) is 1.90. The van der Waals surface area contributed by atoms with E-state index < -0.39 is 0 Å². The molecule has 0 aliphatic carbocycles. The van der Waals surface area contributed by atoms with Gasteiger partial charge in [-0.25, -0.2) is 9.97 Å². The Hall–Kier alpha value is -1.47. The van der Waals surface area contributed by atoms with Crippen LogP contribution in [0.4, 0.5) is 5.13 Å². The first-order chi connectivity index (χ1) is 9.22. The van der Waals surface area contributed by atoms with E-state index in [0.29, 0.717) is 13.1 Å². The summed E-state index contributed by atoms with van der Waals surface area (Å²) in [5, 5.41) is 3.67. The van der Waals surface area contributed by atoms with E-state index in [4.69, 9.17) is 0 Å². The fourth-order valence-electron chi connectivity index (χ4n) is 1.88. The predicted molar refractivity (Wildman–Crippen MR) is 78.3 cm³/mol. The van der Waals surface area contributed by atoms with Crippen LogP contribution in [-0.2, 0) is 4.79 Å². The van der Waals surface area contributed by atoms with Gasteiger partial charge in [-0.15, -0.1) is 0 Å². The first kappa shape index (κ1) is 12.6. The van der Waals surface area contributed by atoms with Crippen LogP contribution in [0.2, 0.25) is 0 Å². The van der Waals surface area contributed by atoms with E-state index in [1.807, 2.05) is 23.1 Å². The Labute approximate surface area is 122 Å².